The summed E-state index contributed by atoms with van der Waals surface area (Å²) in [7, 11) is 0. The molecule has 2 rings (SSSR count). The van der Waals surface area contributed by atoms with E-state index in [1.54, 1.807) is 0 Å². The van der Waals surface area contributed by atoms with Crippen molar-refractivity contribution < 1.29 is 0 Å². The van der Waals surface area contributed by atoms with Gasteiger partial charge >= 0.3 is 0 Å². The van der Waals surface area contributed by atoms with Crippen molar-refractivity contribution >= 4 is 33.9 Å². The predicted molar refractivity (Wildman–Crippen MR) is 89.2 cm³/mol. The van der Waals surface area contributed by atoms with Gasteiger partial charge in [-0.05, 0) is 77.2 Å². The number of nitrogens with one attached hydrogen (secondary N) is 1. The maximum atomic E-state index is 3.79. The van der Waals surface area contributed by atoms with Crippen LogP contribution in [0.4, 0.5) is 0 Å². The Balaban J connectivity index is 2.04. The van der Waals surface area contributed by atoms with E-state index in [1.165, 1.54) is 40.6 Å². The third kappa shape index (κ3) is 3.94. The van der Waals surface area contributed by atoms with E-state index in [4.69, 9.17) is 0 Å². The summed E-state index contributed by atoms with van der Waals surface area (Å²) in [6.45, 7) is 5.80. The highest BCUT2D eigenvalue weighted by molar-refractivity contribution is 14.1. The largest absolute Gasteiger partial charge is 0.310 e. The molecule has 1 aliphatic carbocycles. The molecule has 1 aliphatic rings. The second kappa shape index (κ2) is 7.25. The van der Waals surface area contributed by atoms with Crippen LogP contribution >= 0.6 is 33.9 Å². The molecule has 0 aliphatic heterocycles. The maximum Gasteiger partial charge on any atom is 0.0656 e. The Labute approximate surface area is 129 Å². The average molecular weight is 377 g/mol. The average Bonchev–Trinajstić information content (AvgIpc) is 2.78. The van der Waals surface area contributed by atoms with Gasteiger partial charge in [-0.2, -0.15) is 0 Å². The van der Waals surface area contributed by atoms with E-state index in [0.29, 0.717) is 6.04 Å². The summed E-state index contributed by atoms with van der Waals surface area (Å²) < 4.78 is 1.41. The molecular formula is C15H24INS. The fourth-order valence-corrected chi connectivity index (χ4v) is 4.37. The molecule has 3 heteroatoms. The van der Waals surface area contributed by atoms with E-state index in [-0.39, 0.29) is 0 Å². The minimum atomic E-state index is 0.595. The van der Waals surface area contributed by atoms with E-state index in [1.807, 2.05) is 11.3 Å². The van der Waals surface area contributed by atoms with Gasteiger partial charge in [0, 0.05) is 6.04 Å². The molecule has 1 atom stereocenters. The summed E-state index contributed by atoms with van der Waals surface area (Å²) in [5.74, 6) is 1.79. The van der Waals surface area contributed by atoms with Crippen molar-refractivity contribution in [3.8, 4) is 0 Å². The standard InChI is InChI=1S/C15H24INS/c1-3-8-17-15(13-9-14(16)18-10-13)12-6-4-11(2)5-7-12/h9-12,15,17H,3-8H2,1-2H3. The zero-order valence-corrected chi connectivity index (χ0v) is 14.4. The predicted octanol–water partition coefficient (Wildman–Crippen LogP) is 5.22. The molecule has 1 N–H and O–H groups in total. The molecule has 1 aromatic rings. The molecule has 18 heavy (non-hydrogen) atoms. The van der Waals surface area contributed by atoms with Crippen LogP contribution in [0, 0.1) is 14.7 Å². The third-order valence-corrected chi connectivity index (χ3v) is 5.90. The first-order chi connectivity index (χ1) is 8.70. The van der Waals surface area contributed by atoms with Gasteiger partial charge in [0.1, 0.15) is 0 Å². The van der Waals surface area contributed by atoms with Crippen molar-refractivity contribution in [2.75, 3.05) is 6.54 Å². The van der Waals surface area contributed by atoms with Gasteiger partial charge in [-0.25, -0.2) is 0 Å². The molecule has 1 saturated carbocycles. The second-order valence-electron chi connectivity index (χ2n) is 5.64. The minimum Gasteiger partial charge on any atom is -0.310 e. The van der Waals surface area contributed by atoms with Gasteiger partial charge in [0.2, 0.25) is 0 Å². The van der Waals surface area contributed by atoms with Gasteiger partial charge < -0.3 is 5.32 Å². The van der Waals surface area contributed by atoms with Crippen LogP contribution in [0.5, 0.6) is 0 Å². The lowest BCUT2D eigenvalue weighted by molar-refractivity contribution is 0.232. The zero-order chi connectivity index (χ0) is 13.0. The SMILES string of the molecule is CCCNC(c1csc(I)c1)C1CCC(C)CC1. The highest BCUT2D eigenvalue weighted by atomic mass is 127. The van der Waals surface area contributed by atoms with Gasteiger partial charge in [0.15, 0.2) is 0 Å². The van der Waals surface area contributed by atoms with Crippen molar-refractivity contribution in [2.45, 2.75) is 52.0 Å². The topological polar surface area (TPSA) is 12.0 Å². The van der Waals surface area contributed by atoms with Crippen LogP contribution in [0.1, 0.15) is 57.6 Å². The van der Waals surface area contributed by atoms with Crippen LogP contribution < -0.4 is 5.32 Å². The molecule has 0 spiro atoms. The first kappa shape index (κ1) is 14.8. The number of rotatable bonds is 5. The molecule has 0 amide bonds. The van der Waals surface area contributed by atoms with Crippen LogP contribution in [-0.2, 0) is 0 Å². The Morgan fingerprint density at radius 3 is 2.67 bits per heavy atom. The molecule has 0 saturated heterocycles. The highest BCUT2D eigenvalue weighted by Gasteiger charge is 2.27. The normalized spacial score (nSPS) is 26.2. The maximum absolute atomic E-state index is 3.79. The van der Waals surface area contributed by atoms with Crippen LogP contribution in [0.25, 0.3) is 0 Å². The summed E-state index contributed by atoms with van der Waals surface area (Å²) in [5, 5.41) is 6.14. The van der Waals surface area contributed by atoms with Gasteiger partial charge in [-0.3, -0.25) is 0 Å². The first-order valence-corrected chi connectivity index (χ1v) is 9.13. The molecule has 1 heterocycles. The number of hydrogen-bond donors (Lipinski definition) is 1. The summed E-state index contributed by atoms with van der Waals surface area (Å²) in [6, 6.07) is 2.97. The van der Waals surface area contributed by atoms with Crippen molar-refractivity contribution in [1.82, 2.24) is 5.32 Å². The lowest BCUT2D eigenvalue weighted by atomic mass is 9.78. The fourth-order valence-electron chi connectivity index (χ4n) is 2.96. The number of thiophene rings is 1. The molecule has 102 valence electrons. The van der Waals surface area contributed by atoms with Gasteiger partial charge in [0.05, 0.1) is 2.88 Å². The van der Waals surface area contributed by atoms with E-state index >= 15 is 0 Å². The van der Waals surface area contributed by atoms with Crippen molar-refractivity contribution in [2.24, 2.45) is 11.8 Å². The Hall–Kier alpha value is 0.390. The molecule has 1 nitrogen and oxygen atoms in total. The monoisotopic (exact) mass is 377 g/mol. The molecule has 1 unspecified atom stereocenters. The Bertz CT molecular complexity index is 355. The van der Waals surface area contributed by atoms with Crippen LogP contribution in [0.15, 0.2) is 11.4 Å². The summed E-state index contributed by atoms with van der Waals surface area (Å²) >= 11 is 4.31. The zero-order valence-electron chi connectivity index (χ0n) is 11.4. The van der Waals surface area contributed by atoms with Crippen molar-refractivity contribution in [1.29, 1.82) is 0 Å². The Morgan fingerprint density at radius 2 is 2.11 bits per heavy atom. The lowest BCUT2D eigenvalue weighted by Gasteiger charge is -2.33. The van der Waals surface area contributed by atoms with Crippen molar-refractivity contribution in [3.63, 3.8) is 0 Å². The summed E-state index contributed by atoms with van der Waals surface area (Å²) in [5.41, 5.74) is 1.53. The van der Waals surface area contributed by atoms with Crippen LogP contribution in [0.3, 0.4) is 0 Å². The number of halogens is 1. The molecule has 0 aromatic carbocycles. The number of hydrogen-bond acceptors (Lipinski definition) is 2. The van der Waals surface area contributed by atoms with Crippen LogP contribution in [0.2, 0.25) is 0 Å². The van der Waals surface area contributed by atoms with E-state index in [0.717, 1.165) is 18.4 Å². The third-order valence-electron chi connectivity index (χ3n) is 4.09. The van der Waals surface area contributed by atoms with Gasteiger partial charge in [0.25, 0.3) is 0 Å². The summed E-state index contributed by atoms with van der Waals surface area (Å²) in [4.78, 5) is 0. The van der Waals surface area contributed by atoms with E-state index in [9.17, 15) is 0 Å². The highest BCUT2D eigenvalue weighted by Crippen LogP contribution is 2.38. The Kier molecular flexibility index (Phi) is 5.96. The van der Waals surface area contributed by atoms with Gasteiger partial charge in [-0.15, -0.1) is 11.3 Å². The summed E-state index contributed by atoms with van der Waals surface area (Å²) in [6.07, 6.45) is 6.84. The smallest absolute Gasteiger partial charge is 0.0656 e. The fraction of sp³-hybridized carbons (Fsp3) is 0.733. The lowest BCUT2D eigenvalue weighted by Crippen LogP contribution is -2.31. The molecule has 1 aromatic heterocycles. The minimum absolute atomic E-state index is 0.595. The van der Waals surface area contributed by atoms with Crippen molar-refractivity contribution in [3.05, 3.63) is 19.9 Å². The van der Waals surface area contributed by atoms with Crippen LogP contribution in [-0.4, -0.2) is 6.54 Å². The molecule has 0 radical (unpaired) electrons. The Morgan fingerprint density at radius 1 is 1.39 bits per heavy atom. The molecular weight excluding hydrogens is 353 g/mol. The quantitative estimate of drug-likeness (QED) is 0.694. The molecule has 0 bridgehead atoms. The van der Waals surface area contributed by atoms with E-state index in [2.05, 4.69) is 53.2 Å². The molecule has 1 fully saturated rings. The first-order valence-electron chi connectivity index (χ1n) is 7.18. The van der Waals surface area contributed by atoms with Gasteiger partial charge in [-0.1, -0.05) is 26.7 Å². The van der Waals surface area contributed by atoms with E-state index < -0.39 is 0 Å². The second-order valence-corrected chi connectivity index (χ2v) is 8.44.